The zero-order valence-electron chi connectivity index (χ0n) is 16.8. The van der Waals surface area contributed by atoms with Crippen molar-refractivity contribution in [1.29, 1.82) is 0 Å². The number of benzene rings is 2. The molecule has 2 aliphatic rings. The Balaban J connectivity index is 1.60. The first kappa shape index (κ1) is 20.3. The predicted octanol–water partition coefficient (Wildman–Crippen LogP) is 4.33. The van der Waals surface area contributed by atoms with Gasteiger partial charge in [0.15, 0.2) is 0 Å². The van der Waals surface area contributed by atoms with E-state index in [1.54, 1.807) is 17.4 Å². The third-order valence-corrected chi connectivity index (χ3v) is 9.06. The molecule has 1 aromatic heterocycles. The average Bonchev–Trinajstić information content (AvgIpc) is 3.53. The maximum Gasteiger partial charge on any atom is 0.270 e. The first-order valence-electron chi connectivity index (χ1n) is 10.4. The number of rotatable bonds is 5. The Morgan fingerprint density at radius 1 is 1.06 bits per heavy atom. The molecule has 2 aromatic carbocycles. The normalized spacial score (nSPS) is 20.0. The molecule has 2 saturated heterocycles. The highest BCUT2D eigenvalue weighted by atomic mass is 32.2. The number of nitrogens with zero attached hydrogens (tertiary/aromatic N) is 4. The van der Waals surface area contributed by atoms with Crippen LogP contribution in [0.15, 0.2) is 47.4 Å². The second kappa shape index (κ2) is 7.85. The van der Waals surface area contributed by atoms with E-state index >= 15 is 0 Å². The Kier molecular flexibility index (Phi) is 5.15. The number of nitro groups is 1. The van der Waals surface area contributed by atoms with Crippen molar-refractivity contribution in [3.8, 4) is 0 Å². The minimum atomic E-state index is -3.82. The van der Waals surface area contributed by atoms with E-state index in [9.17, 15) is 18.5 Å². The summed E-state index contributed by atoms with van der Waals surface area (Å²) in [6.45, 7) is 1.58. The molecule has 1 unspecified atom stereocenters. The van der Waals surface area contributed by atoms with Gasteiger partial charge in [-0.1, -0.05) is 12.1 Å². The maximum atomic E-state index is 13.4. The summed E-state index contributed by atoms with van der Waals surface area (Å²) in [4.78, 5) is 17.7. The van der Waals surface area contributed by atoms with Gasteiger partial charge in [-0.2, -0.15) is 4.31 Å². The van der Waals surface area contributed by atoms with Gasteiger partial charge in [-0.15, -0.1) is 11.3 Å². The van der Waals surface area contributed by atoms with Gasteiger partial charge >= 0.3 is 0 Å². The third-order valence-electron chi connectivity index (χ3n) is 5.99. The lowest BCUT2D eigenvalue weighted by atomic mass is 10.2. The lowest BCUT2D eigenvalue weighted by Crippen LogP contribution is -2.31. The number of non-ortho nitro benzene ring substituents is 1. The van der Waals surface area contributed by atoms with E-state index in [4.69, 9.17) is 4.98 Å². The van der Waals surface area contributed by atoms with Crippen LogP contribution in [-0.2, 0) is 10.0 Å². The highest BCUT2D eigenvalue weighted by Crippen LogP contribution is 2.43. The van der Waals surface area contributed by atoms with E-state index in [0.717, 1.165) is 40.9 Å². The van der Waals surface area contributed by atoms with E-state index in [2.05, 4.69) is 4.90 Å². The van der Waals surface area contributed by atoms with Gasteiger partial charge in [0.2, 0.25) is 10.0 Å². The lowest BCUT2D eigenvalue weighted by molar-refractivity contribution is -0.385. The van der Waals surface area contributed by atoms with Gasteiger partial charge in [0, 0.05) is 31.8 Å². The van der Waals surface area contributed by atoms with Crippen LogP contribution >= 0.6 is 11.3 Å². The van der Waals surface area contributed by atoms with Crippen LogP contribution in [0.5, 0.6) is 0 Å². The minimum Gasteiger partial charge on any atom is -0.361 e. The number of anilines is 1. The molecule has 3 aromatic rings. The van der Waals surface area contributed by atoms with Gasteiger partial charge in [-0.05, 0) is 43.9 Å². The number of para-hydroxylation sites is 1. The van der Waals surface area contributed by atoms with Gasteiger partial charge in [0.1, 0.15) is 9.90 Å². The van der Waals surface area contributed by atoms with E-state index < -0.39 is 14.9 Å². The Labute approximate surface area is 184 Å². The van der Waals surface area contributed by atoms with Crippen LogP contribution in [0.4, 0.5) is 11.4 Å². The monoisotopic (exact) mass is 458 g/mol. The van der Waals surface area contributed by atoms with Gasteiger partial charge < -0.3 is 4.90 Å². The number of thiazole rings is 1. The van der Waals surface area contributed by atoms with Crippen molar-refractivity contribution >= 4 is 43.0 Å². The van der Waals surface area contributed by atoms with Gasteiger partial charge in [0.05, 0.1) is 26.9 Å². The molecule has 10 heteroatoms. The first-order chi connectivity index (χ1) is 14.9. The Morgan fingerprint density at radius 2 is 1.84 bits per heavy atom. The van der Waals surface area contributed by atoms with Crippen LogP contribution < -0.4 is 4.90 Å². The van der Waals surface area contributed by atoms with Crippen LogP contribution in [0.2, 0.25) is 0 Å². The largest absolute Gasteiger partial charge is 0.361 e. The van der Waals surface area contributed by atoms with Crippen LogP contribution in [-0.4, -0.2) is 42.3 Å². The van der Waals surface area contributed by atoms with Crippen molar-refractivity contribution < 1.29 is 13.3 Å². The lowest BCUT2D eigenvalue weighted by Gasteiger charge is -2.28. The fourth-order valence-electron chi connectivity index (χ4n) is 4.47. The van der Waals surface area contributed by atoms with Crippen molar-refractivity contribution in [1.82, 2.24) is 9.29 Å². The molecule has 0 spiro atoms. The quantitative estimate of drug-likeness (QED) is 0.417. The maximum absolute atomic E-state index is 13.4. The molecule has 0 aliphatic carbocycles. The molecule has 8 nitrogen and oxygen atoms in total. The van der Waals surface area contributed by atoms with Crippen LogP contribution in [0.3, 0.4) is 0 Å². The summed E-state index contributed by atoms with van der Waals surface area (Å²) in [7, 11) is -3.82. The predicted molar refractivity (Wildman–Crippen MR) is 120 cm³/mol. The molecule has 1 atom stereocenters. The molecule has 3 heterocycles. The molecule has 162 valence electrons. The van der Waals surface area contributed by atoms with E-state index in [1.165, 1.54) is 16.4 Å². The van der Waals surface area contributed by atoms with Crippen LogP contribution in [0.1, 0.15) is 36.7 Å². The topological polar surface area (TPSA) is 96.6 Å². The molecule has 2 aliphatic heterocycles. The molecule has 0 N–H and O–H groups in total. The Morgan fingerprint density at radius 3 is 2.58 bits per heavy atom. The summed E-state index contributed by atoms with van der Waals surface area (Å²) < 4.78 is 29.4. The molecule has 2 fully saturated rings. The smallest absolute Gasteiger partial charge is 0.270 e. The summed E-state index contributed by atoms with van der Waals surface area (Å²) in [5.41, 5.74) is 1.25. The number of sulfonamides is 1. The minimum absolute atomic E-state index is 0.0246. The highest BCUT2D eigenvalue weighted by molar-refractivity contribution is 7.89. The first-order valence-corrected chi connectivity index (χ1v) is 12.6. The fraction of sp³-hybridized carbons (Fsp3) is 0.381. The van der Waals surface area contributed by atoms with E-state index in [1.807, 2.05) is 24.3 Å². The van der Waals surface area contributed by atoms with Crippen molar-refractivity contribution in [3.05, 3.63) is 57.6 Å². The van der Waals surface area contributed by atoms with Crippen molar-refractivity contribution in [2.75, 3.05) is 24.5 Å². The Bertz CT molecular complexity index is 1220. The van der Waals surface area contributed by atoms with Crippen molar-refractivity contribution in [3.63, 3.8) is 0 Å². The summed E-state index contributed by atoms with van der Waals surface area (Å²) in [5, 5.41) is 12.3. The number of fused-ring (bicyclic) bond motifs is 1. The molecule has 0 saturated carbocycles. The fourth-order valence-corrected chi connectivity index (χ4v) is 7.32. The number of nitro benzene ring substituents is 1. The third kappa shape index (κ3) is 3.58. The molecular formula is C21H22N4O4S2. The molecular weight excluding hydrogens is 436 g/mol. The Hall–Kier alpha value is -2.56. The average molecular weight is 459 g/mol. The summed E-state index contributed by atoms with van der Waals surface area (Å²) in [6, 6.07) is 12.1. The molecule has 0 radical (unpaired) electrons. The van der Waals surface area contributed by atoms with Crippen LogP contribution in [0.25, 0.3) is 10.2 Å². The summed E-state index contributed by atoms with van der Waals surface area (Å²) in [5.74, 6) is 0. The molecule has 5 rings (SSSR count). The second-order valence-electron chi connectivity index (χ2n) is 7.89. The van der Waals surface area contributed by atoms with Gasteiger partial charge in [0.25, 0.3) is 5.69 Å². The second-order valence-corrected chi connectivity index (χ2v) is 10.9. The number of hydrogen-bond acceptors (Lipinski definition) is 7. The standard InChI is InChI=1S/C21H22N4O4S2/c26-25(27)15-9-10-17(20(14-15)31(28,29)23-11-3-4-12-23)24-13-5-7-18(24)21-22-16-6-1-2-8-19(16)30-21/h1-2,6,8-10,14,18H,3-5,7,11-13H2. The van der Waals surface area contributed by atoms with E-state index in [-0.39, 0.29) is 16.6 Å². The van der Waals surface area contributed by atoms with E-state index in [0.29, 0.717) is 25.3 Å². The molecule has 31 heavy (non-hydrogen) atoms. The van der Waals surface area contributed by atoms with Crippen LogP contribution in [0, 0.1) is 10.1 Å². The summed E-state index contributed by atoms with van der Waals surface area (Å²) >= 11 is 1.62. The van der Waals surface area contributed by atoms with Crippen molar-refractivity contribution in [2.45, 2.75) is 36.6 Å². The van der Waals surface area contributed by atoms with Gasteiger partial charge in [-0.25, -0.2) is 13.4 Å². The van der Waals surface area contributed by atoms with Gasteiger partial charge in [-0.3, -0.25) is 10.1 Å². The number of aromatic nitrogens is 1. The number of hydrogen-bond donors (Lipinski definition) is 0. The zero-order valence-corrected chi connectivity index (χ0v) is 18.4. The molecule has 0 bridgehead atoms. The highest BCUT2D eigenvalue weighted by Gasteiger charge is 2.36. The zero-order chi connectivity index (χ0) is 21.6. The van der Waals surface area contributed by atoms with Crippen molar-refractivity contribution in [2.24, 2.45) is 0 Å². The molecule has 0 amide bonds. The summed E-state index contributed by atoms with van der Waals surface area (Å²) in [6.07, 6.45) is 3.38. The SMILES string of the molecule is O=[N+]([O-])c1ccc(N2CCCC2c2nc3ccccc3s2)c(S(=O)(=O)N2CCCC2)c1.